The second kappa shape index (κ2) is 6.07. The molecule has 0 radical (unpaired) electrons. The van der Waals surface area contributed by atoms with Crippen molar-refractivity contribution in [1.82, 2.24) is 4.90 Å². The number of anilines is 3. The van der Waals surface area contributed by atoms with Gasteiger partial charge in [-0.25, -0.2) is 4.79 Å². The van der Waals surface area contributed by atoms with E-state index in [4.69, 9.17) is 5.73 Å². The zero-order valence-corrected chi connectivity index (χ0v) is 12.6. The van der Waals surface area contributed by atoms with Crippen molar-refractivity contribution in [3.8, 4) is 0 Å². The largest absolute Gasteiger partial charge is 0.399 e. The summed E-state index contributed by atoms with van der Waals surface area (Å²) < 4.78 is 0. The number of carbonyl (C=O) groups excluding carboxylic acids is 1. The molecule has 2 aromatic rings. The van der Waals surface area contributed by atoms with E-state index in [0.717, 1.165) is 25.2 Å². The fourth-order valence-electron chi connectivity index (χ4n) is 2.69. The number of benzene rings is 2. The fraction of sp³-hybridized carbons (Fsp3) is 0.235. The number of likely N-dealkylation sites (N-methyl/N-ethyl adjacent to an activating group) is 1. The summed E-state index contributed by atoms with van der Waals surface area (Å²) in [7, 11) is 2.11. The maximum Gasteiger partial charge on any atom is 0.323 e. The van der Waals surface area contributed by atoms with Gasteiger partial charge in [0.15, 0.2) is 0 Å². The van der Waals surface area contributed by atoms with Crippen LogP contribution in [0.2, 0.25) is 0 Å². The first kappa shape index (κ1) is 14.4. The standard InChI is InChI=1S/C17H20N4O/c1-21-8-7-12-5-6-16(9-13(12)11-21)20-17(22)19-15-4-2-3-14(18)10-15/h2-6,9-10H,7-8,11,18H2,1H3,(H2,19,20,22). The molecule has 4 N–H and O–H groups in total. The number of hydrogen-bond donors (Lipinski definition) is 3. The van der Waals surface area contributed by atoms with Crippen LogP contribution in [-0.2, 0) is 13.0 Å². The number of fused-ring (bicyclic) bond motifs is 1. The first-order valence-corrected chi connectivity index (χ1v) is 7.34. The summed E-state index contributed by atoms with van der Waals surface area (Å²) in [5.41, 5.74) is 10.4. The molecule has 0 fully saturated rings. The molecule has 0 spiro atoms. The number of nitrogens with one attached hydrogen (secondary N) is 2. The van der Waals surface area contributed by atoms with Crippen LogP contribution in [-0.4, -0.2) is 24.5 Å². The van der Waals surface area contributed by atoms with Gasteiger partial charge in [0.1, 0.15) is 0 Å². The molecule has 3 rings (SSSR count). The van der Waals surface area contributed by atoms with Gasteiger partial charge in [0, 0.05) is 30.2 Å². The Labute approximate surface area is 130 Å². The van der Waals surface area contributed by atoms with E-state index in [9.17, 15) is 4.79 Å². The highest BCUT2D eigenvalue weighted by atomic mass is 16.2. The Bertz CT molecular complexity index is 699. The maximum absolute atomic E-state index is 12.1. The minimum absolute atomic E-state index is 0.269. The highest BCUT2D eigenvalue weighted by Crippen LogP contribution is 2.22. The van der Waals surface area contributed by atoms with Gasteiger partial charge in [0.2, 0.25) is 0 Å². The van der Waals surface area contributed by atoms with Crippen molar-refractivity contribution < 1.29 is 4.79 Å². The van der Waals surface area contributed by atoms with Crippen LogP contribution in [0.5, 0.6) is 0 Å². The van der Waals surface area contributed by atoms with Crippen LogP contribution in [0, 0.1) is 0 Å². The van der Waals surface area contributed by atoms with Gasteiger partial charge in [-0.05, 0) is 54.9 Å². The molecule has 2 aromatic carbocycles. The van der Waals surface area contributed by atoms with Crippen molar-refractivity contribution in [2.45, 2.75) is 13.0 Å². The molecule has 114 valence electrons. The van der Waals surface area contributed by atoms with E-state index in [1.807, 2.05) is 12.1 Å². The lowest BCUT2D eigenvalue weighted by Crippen LogP contribution is -2.26. The third-order valence-corrected chi connectivity index (χ3v) is 3.81. The molecule has 5 heteroatoms. The molecule has 0 atom stereocenters. The van der Waals surface area contributed by atoms with Crippen molar-refractivity contribution >= 4 is 23.1 Å². The van der Waals surface area contributed by atoms with E-state index >= 15 is 0 Å². The topological polar surface area (TPSA) is 70.4 Å². The molecule has 22 heavy (non-hydrogen) atoms. The molecule has 0 unspecified atom stereocenters. The monoisotopic (exact) mass is 296 g/mol. The van der Waals surface area contributed by atoms with Gasteiger partial charge in [-0.15, -0.1) is 0 Å². The first-order chi connectivity index (χ1) is 10.6. The predicted molar refractivity (Wildman–Crippen MR) is 90.0 cm³/mol. The number of nitrogens with zero attached hydrogens (tertiary/aromatic N) is 1. The summed E-state index contributed by atoms with van der Waals surface area (Å²) in [6.45, 7) is 2.00. The fourth-order valence-corrected chi connectivity index (χ4v) is 2.69. The average Bonchev–Trinajstić information content (AvgIpc) is 2.46. The van der Waals surface area contributed by atoms with Crippen LogP contribution in [0.4, 0.5) is 21.9 Å². The highest BCUT2D eigenvalue weighted by Gasteiger charge is 2.13. The van der Waals surface area contributed by atoms with Gasteiger partial charge in [-0.2, -0.15) is 0 Å². The molecule has 2 amide bonds. The molecule has 0 bridgehead atoms. The Kier molecular flexibility index (Phi) is 3.98. The quantitative estimate of drug-likeness (QED) is 0.746. The van der Waals surface area contributed by atoms with Gasteiger partial charge in [-0.3, -0.25) is 0 Å². The normalized spacial score (nSPS) is 14.2. The van der Waals surface area contributed by atoms with Crippen molar-refractivity contribution in [3.05, 3.63) is 53.6 Å². The third kappa shape index (κ3) is 3.38. The Morgan fingerprint density at radius 1 is 1.09 bits per heavy atom. The van der Waals surface area contributed by atoms with E-state index in [1.165, 1.54) is 11.1 Å². The molecular weight excluding hydrogens is 276 g/mol. The van der Waals surface area contributed by atoms with Gasteiger partial charge >= 0.3 is 6.03 Å². The zero-order valence-electron chi connectivity index (χ0n) is 12.6. The van der Waals surface area contributed by atoms with Crippen LogP contribution in [0.3, 0.4) is 0 Å². The Balaban J connectivity index is 1.68. The van der Waals surface area contributed by atoms with Crippen LogP contribution >= 0.6 is 0 Å². The number of rotatable bonds is 2. The summed E-state index contributed by atoms with van der Waals surface area (Å²) in [5.74, 6) is 0. The molecule has 5 nitrogen and oxygen atoms in total. The van der Waals surface area contributed by atoms with Crippen molar-refractivity contribution in [2.75, 3.05) is 30.0 Å². The van der Waals surface area contributed by atoms with Gasteiger partial charge in [-0.1, -0.05) is 12.1 Å². The molecule has 0 saturated carbocycles. The lowest BCUT2D eigenvalue weighted by atomic mass is 9.99. The molecule has 1 aliphatic rings. The van der Waals surface area contributed by atoms with E-state index in [-0.39, 0.29) is 6.03 Å². The SMILES string of the molecule is CN1CCc2ccc(NC(=O)Nc3cccc(N)c3)cc2C1. The Hall–Kier alpha value is -2.53. The highest BCUT2D eigenvalue weighted by molar-refractivity contribution is 6.00. The van der Waals surface area contributed by atoms with E-state index in [0.29, 0.717) is 11.4 Å². The second-order valence-electron chi connectivity index (χ2n) is 5.68. The predicted octanol–water partition coefficient (Wildman–Crippen LogP) is 2.90. The summed E-state index contributed by atoms with van der Waals surface area (Å²) >= 11 is 0. The molecular formula is C17H20N4O. The van der Waals surface area contributed by atoms with Crippen LogP contribution < -0.4 is 16.4 Å². The number of hydrogen-bond acceptors (Lipinski definition) is 3. The van der Waals surface area contributed by atoms with Gasteiger partial charge in [0.25, 0.3) is 0 Å². The molecule has 1 heterocycles. The van der Waals surface area contributed by atoms with Gasteiger partial charge in [0.05, 0.1) is 0 Å². The molecule has 0 aromatic heterocycles. The van der Waals surface area contributed by atoms with Crippen molar-refractivity contribution in [2.24, 2.45) is 0 Å². The summed E-state index contributed by atoms with van der Waals surface area (Å²) in [6.07, 6.45) is 1.06. The Morgan fingerprint density at radius 2 is 1.86 bits per heavy atom. The molecule has 0 aliphatic carbocycles. The summed E-state index contributed by atoms with van der Waals surface area (Å²) in [4.78, 5) is 14.3. The maximum atomic E-state index is 12.1. The third-order valence-electron chi connectivity index (χ3n) is 3.81. The summed E-state index contributed by atoms with van der Waals surface area (Å²) in [5, 5.41) is 5.65. The zero-order chi connectivity index (χ0) is 15.5. The molecule has 1 aliphatic heterocycles. The number of nitrogen functional groups attached to an aromatic ring is 1. The first-order valence-electron chi connectivity index (χ1n) is 7.34. The smallest absolute Gasteiger partial charge is 0.323 e. The summed E-state index contributed by atoms with van der Waals surface area (Å²) in [6, 6.07) is 12.9. The lowest BCUT2D eigenvalue weighted by molar-refractivity contribution is 0.262. The Morgan fingerprint density at radius 3 is 2.64 bits per heavy atom. The lowest BCUT2D eigenvalue weighted by Gasteiger charge is -2.25. The van der Waals surface area contributed by atoms with Gasteiger partial charge < -0.3 is 21.3 Å². The number of nitrogens with two attached hydrogens (primary N) is 1. The van der Waals surface area contributed by atoms with E-state index in [2.05, 4.69) is 28.6 Å². The second-order valence-corrected chi connectivity index (χ2v) is 5.68. The number of urea groups is 1. The van der Waals surface area contributed by atoms with Crippen LogP contribution in [0.1, 0.15) is 11.1 Å². The van der Waals surface area contributed by atoms with Crippen LogP contribution in [0.15, 0.2) is 42.5 Å². The minimum Gasteiger partial charge on any atom is -0.399 e. The minimum atomic E-state index is -0.269. The van der Waals surface area contributed by atoms with E-state index < -0.39 is 0 Å². The van der Waals surface area contributed by atoms with Crippen LogP contribution in [0.25, 0.3) is 0 Å². The molecule has 0 saturated heterocycles. The average molecular weight is 296 g/mol. The number of amides is 2. The van der Waals surface area contributed by atoms with Crippen molar-refractivity contribution in [3.63, 3.8) is 0 Å². The number of carbonyl (C=O) groups is 1. The van der Waals surface area contributed by atoms with E-state index in [1.54, 1.807) is 24.3 Å². The van der Waals surface area contributed by atoms with Crippen molar-refractivity contribution in [1.29, 1.82) is 0 Å².